The van der Waals surface area contributed by atoms with E-state index in [2.05, 4.69) is 19.9 Å². The van der Waals surface area contributed by atoms with Gasteiger partial charge in [0.05, 0.1) is 54.4 Å². The number of hydrogen-bond donors (Lipinski definition) is 1. The molecule has 4 aromatic rings. The van der Waals surface area contributed by atoms with Gasteiger partial charge in [0.25, 0.3) is 5.56 Å². The highest BCUT2D eigenvalue weighted by atomic mass is 35.5. The molecule has 2 aromatic carbocycles. The fraction of sp³-hybridized carbons (Fsp3) is 0.357. The fourth-order valence-electron chi connectivity index (χ4n) is 5.35. The van der Waals surface area contributed by atoms with Gasteiger partial charge in [-0.15, -0.1) is 0 Å². The van der Waals surface area contributed by atoms with Gasteiger partial charge in [0, 0.05) is 35.0 Å². The van der Waals surface area contributed by atoms with Crippen LogP contribution in [0.4, 0.5) is 10.2 Å². The molecule has 0 unspecified atom stereocenters. The van der Waals surface area contributed by atoms with E-state index in [9.17, 15) is 9.18 Å². The molecule has 2 N–H and O–H groups in total. The van der Waals surface area contributed by atoms with Gasteiger partial charge < -0.3 is 15.4 Å². The number of aryl methyl sites for hydroxylation is 1. The molecular weight excluding hydrogens is 539 g/mol. The van der Waals surface area contributed by atoms with Gasteiger partial charge in [-0.2, -0.15) is 0 Å². The number of nitrogens with zero attached hydrogens (tertiary/aromatic N) is 5. The van der Waals surface area contributed by atoms with Crippen LogP contribution in [0, 0.1) is 18.2 Å². The van der Waals surface area contributed by atoms with E-state index in [0.29, 0.717) is 27.6 Å². The van der Waals surface area contributed by atoms with Crippen molar-refractivity contribution < 1.29 is 9.13 Å². The first-order chi connectivity index (χ1) is 18.8. The molecule has 2 aromatic heterocycles. The summed E-state index contributed by atoms with van der Waals surface area (Å²) in [6, 6.07) is 8.61. The highest BCUT2D eigenvalue weighted by molar-refractivity contribution is 7.99. The fourth-order valence-corrected chi connectivity index (χ4v) is 6.47. The minimum Gasteiger partial charge on any atom is -0.379 e. The molecule has 0 radical (unpaired) electrons. The van der Waals surface area contributed by atoms with Crippen LogP contribution in [0.2, 0.25) is 5.02 Å². The monoisotopic (exact) mass is 566 g/mol. The van der Waals surface area contributed by atoms with Crippen LogP contribution in [0.25, 0.3) is 10.9 Å². The van der Waals surface area contributed by atoms with Crippen molar-refractivity contribution >= 4 is 40.1 Å². The van der Waals surface area contributed by atoms with Gasteiger partial charge in [-0.1, -0.05) is 35.5 Å². The summed E-state index contributed by atoms with van der Waals surface area (Å²) in [5, 5.41) is 1.24. The molecule has 1 atom stereocenters. The predicted molar refractivity (Wildman–Crippen MR) is 150 cm³/mol. The molecule has 39 heavy (non-hydrogen) atoms. The molecule has 0 amide bonds. The molecule has 11 heteroatoms. The number of ether oxygens (including phenoxy) is 1. The van der Waals surface area contributed by atoms with Gasteiger partial charge in [-0.05, 0) is 43.5 Å². The van der Waals surface area contributed by atoms with Crippen LogP contribution in [0.15, 0.2) is 63.8 Å². The van der Waals surface area contributed by atoms with E-state index in [0.717, 1.165) is 43.9 Å². The first-order valence-corrected chi connectivity index (χ1v) is 14.0. The summed E-state index contributed by atoms with van der Waals surface area (Å²) in [5.74, 6) is 0.460. The normalized spacial score (nSPS) is 18.8. The molecule has 2 aliphatic heterocycles. The van der Waals surface area contributed by atoms with Crippen molar-refractivity contribution in [3.05, 3.63) is 81.4 Å². The number of aromatic nitrogens is 4. The second-order valence-electron chi connectivity index (χ2n) is 10.3. The zero-order valence-corrected chi connectivity index (χ0v) is 23.0. The summed E-state index contributed by atoms with van der Waals surface area (Å²) in [6.45, 7) is 4.97. The maximum Gasteiger partial charge on any atom is 0.263 e. The third-order valence-corrected chi connectivity index (χ3v) is 9.32. The Labute approximate surface area is 234 Å². The van der Waals surface area contributed by atoms with Gasteiger partial charge in [0.2, 0.25) is 0 Å². The van der Waals surface area contributed by atoms with Gasteiger partial charge in [0.1, 0.15) is 16.7 Å². The summed E-state index contributed by atoms with van der Waals surface area (Å²) in [4.78, 5) is 29.8. The third kappa shape index (κ3) is 5.02. The number of fused-ring (bicyclic) bond motifs is 1. The minimum atomic E-state index is -0.361. The Bertz CT molecular complexity index is 1590. The summed E-state index contributed by atoms with van der Waals surface area (Å²) in [6.07, 6.45) is 6.86. The van der Waals surface area contributed by atoms with Crippen molar-refractivity contribution in [3.63, 3.8) is 0 Å². The molecule has 0 saturated carbocycles. The van der Waals surface area contributed by atoms with Gasteiger partial charge in [-0.25, -0.2) is 19.3 Å². The average Bonchev–Trinajstić information content (AvgIpc) is 3.28. The second kappa shape index (κ2) is 10.5. The molecule has 2 aliphatic rings. The Balaban J connectivity index is 1.20. The number of benzene rings is 2. The van der Waals surface area contributed by atoms with Crippen LogP contribution in [-0.2, 0) is 11.3 Å². The SMILES string of the molecule is Cc1ccc(Cn2cnc3ccc(Sc4cnc(N5CCC6(CC5)COC[C@H]6N)cn4)c(Cl)c3c2=O)c(F)c1. The number of piperidine rings is 1. The molecule has 0 aliphatic carbocycles. The summed E-state index contributed by atoms with van der Waals surface area (Å²) < 4.78 is 21.4. The van der Waals surface area contributed by atoms with Crippen molar-refractivity contribution in [1.29, 1.82) is 0 Å². The lowest BCUT2D eigenvalue weighted by atomic mass is 9.75. The van der Waals surface area contributed by atoms with Crippen molar-refractivity contribution in [2.24, 2.45) is 11.1 Å². The Hall–Kier alpha value is -3.05. The predicted octanol–water partition coefficient (Wildman–Crippen LogP) is 4.43. The molecular formula is C28H28ClFN6O2S. The van der Waals surface area contributed by atoms with Crippen LogP contribution >= 0.6 is 23.4 Å². The first kappa shape index (κ1) is 26.2. The molecule has 6 rings (SSSR count). The van der Waals surface area contributed by atoms with E-state index in [4.69, 9.17) is 22.1 Å². The van der Waals surface area contributed by atoms with E-state index in [1.54, 1.807) is 24.5 Å². The molecule has 4 heterocycles. The van der Waals surface area contributed by atoms with Gasteiger partial charge in [0.15, 0.2) is 0 Å². The largest absolute Gasteiger partial charge is 0.379 e. The van der Waals surface area contributed by atoms with Gasteiger partial charge in [-0.3, -0.25) is 9.36 Å². The molecule has 1 spiro atoms. The lowest BCUT2D eigenvalue weighted by molar-refractivity contribution is 0.131. The van der Waals surface area contributed by atoms with Crippen LogP contribution in [0.1, 0.15) is 24.0 Å². The molecule has 2 saturated heterocycles. The van der Waals surface area contributed by atoms with Crippen molar-refractivity contribution in [2.75, 3.05) is 31.2 Å². The topological polar surface area (TPSA) is 99.2 Å². The van der Waals surface area contributed by atoms with Gasteiger partial charge >= 0.3 is 0 Å². The Morgan fingerprint density at radius 2 is 2.00 bits per heavy atom. The van der Waals surface area contributed by atoms with Crippen molar-refractivity contribution in [2.45, 2.75) is 42.3 Å². The highest BCUT2D eigenvalue weighted by Crippen LogP contribution is 2.40. The van der Waals surface area contributed by atoms with Crippen LogP contribution < -0.4 is 16.2 Å². The molecule has 8 nitrogen and oxygen atoms in total. The van der Waals surface area contributed by atoms with Crippen LogP contribution in [0.5, 0.6) is 0 Å². The van der Waals surface area contributed by atoms with E-state index in [1.807, 2.05) is 19.1 Å². The molecule has 0 bridgehead atoms. The number of hydrogen-bond acceptors (Lipinski definition) is 8. The van der Waals surface area contributed by atoms with Crippen LogP contribution in [0.3, 0.4) is 0 Å². The lowest BCUT2D eigenvalue weighted by Crippen LogP contribution is -2.49. The molecule has 2 fully saturated rings. The summed E-state index contributed by atoms with van der Waals surface area (Å²) in [7, 11) is 0. The van der Waals surface area contributed by atoms with E-state index in [-0.39, 0.29) is 39.8 Å². The van der Waals surface area contributed by atoms with E-state index in [1.165, 1.54) is 28.7 Å². The Morgan fingerprint density at radius 3 is 2.69 bits per heavy atom. The number of rotatable bonds is 5. The van der Waals surface area contributed by atoms with E-state index >= 15 is 0 Å². The highest BCUT2D eigenvalue weighted by Gasteiger charge is 2.44. The average molecular weight is 567 g/mol. The van der Waals surface area contributed by atoms with Crippen molar-refractivity contribution in [1.82, 2.24) is 19.5 Å². The number of nitrogens with two attached hydrogens (primary N) is 1. The summed E-state index contributed by atoms with van der Waals surface area (Å²) >= 11 is 8.05. The maximum absolute atomic E-state index is 14.4. The zero-order valence-electron chi connectivity index (χ0n) is 21.4. The minimum absolute atomic E-state index is 0.0606. The first-order valence-electron chi connectivity index (χ1n) is 12.8. The quantitative estimate of drug-likeness (QED) is 0.379. The van der Waals surface area contributed by atoms with E-state index < -0.39 is 0 Å². The van der Waals surface area contributed by atoms with Crippen LogP contribution in [-0.4, -0.2) is 51.9 Å². The standard InChI is InChI=1S/C28H28ClFN6O2S/c1-17-2-3-18(19(30)10-17)13-36-16-34-20-4-5-21(26(29)25(20)27(36)37)39-24-12-32-23(11-33-24)35-8-6-28(7-9-35)15-38-14-22(28)31/h2-5,10-12,16,22H,6-9,13-15,31H2,1H3/t22-/m1/s1. The lowest BCUT2D eigenvalue weighted by Gasteiger charge is -2.41. The maximum atomic E-state index is 14.4. The Morgan fingerprint density at radius 1 is 1.18 bits per heavy atom. The number of anilines is 1. The summed E-state index contributed by atoms with van der Waals surface area (Å²) in [5.41, 5.74) is 7.75. The Kier molecular flexibility index (Phi) is 7.05. The molecule has 202 valence electrons. The third-order valence-electron chi connectivity index (χ3n) is 7.83. The smallest absolute Gasteiger partial charge is 0.263 e. The second-order valence-corrected chi connectivity index (χ2v) is 11.8. The number of halogens is 2. The van der Waals surface area contributed by atoms with Crippen molar-refractivity contribution in [3.8, 4) is 0 Å². The zero-order chi connectivity index (χ0) is 27.1.